The summed E-state index contributed by atoms with van der Waals surface area (Å²) < 4.78 is 0. The smallest absolute Gasteiger partial charge is 0.251 e. The number of fused-ring (bicyclic) bond motifs is 1. The summed E-state index contributed by atoms with van der Waals surface area (Å²) in [6, 6.07) is 16.5. The fourth-order valence-corrected chi connectivity index (χ4v) is 3.68. The van der Waals surface area contributed by atoms with Gasteiger partial charge in [0, 0.05) is 29.4 Å². The molecule has 6 heteroatoms. The highest BCUT2D eigenvalue weighted by Gasteiger charge is 2.32. The second-order valence-electron chi connectivity index (χ2n) is 7.72. The van der Waals surface area contributed by atoms with Gasteiger partial charge in [-0.25, -0.2) is 9.98 Å². The van der Waals surface area contributed by atoms with E-state index >= 15 is 0 Å². The number of rotatable bonds is 5. The Labute approximate surface area is 170 Å². The first-order valence-corrected chi connectivity index (χ1v) is 9.98. The lowest BCUT2D eigenvalue weighted by molar-refractivity contribution is 0.0951. The van der Waals surface area contributed by atoms with Crippen LogP contribution in [-0.2, 0) is 6.42 Å². The number of amides is 1. The maximum atomic E-state index is 12.5. The third-order valence-corrected chi connectivity index (χ3v) is 5.48. The van der Waals surface area contributed by atoms with Crippen molar-refractivity contribution in [3.05, 3.63) is 76.6 Å². The molecule has 0 spiro atoms. The first-order chi connectivity index (χ1) is 14.2. The van der Waals surface area contributed by atoms with Crippen molar-refractivity contribution in [2.75, 3.05) is 4.90 Å². The van der Waals surface area contributed by atoms with Crippen molar-refractivity contribution < 1.29 is 4.79 Å². The monoisotopic (exact) mass is 385 g/mol. The summed E-state index contributed by atoms with van der Waals surface area (Å²) in [6.45, 7) is 2.04. The molecule has 2 aromatic rings. The Balaban J connectivity index is 1.43. The second kappa shape index (κ2) is 7.20. The fourth-order valence-electron chi connectivity index (χ4n) is 3.68. The topological polar surface area (TPSA) is 69.1 Å². The number of carbonyl (C=O) groups is 1. The molecule has 3 aliphatic rings. The Morgan fingerprint density at radius 1 is 1.21 bits per heavy atom. The highest BCUT2D eigenvalue weighted by Crippen LogP contribution is 2.32. The van der Waals surface area contributed by atoms with Crippen LogP contribution in [0.1, 0.15) is 34.3 Å². The molecule has 1 aliphatic carbocycles. The van der Waals surface area contributed by atoms with Gasteiger partial charge in [0.1, 0.15) is 5.70 Å². The van der Waals surface area contributed by atoms with Gasteiger partial charge in [0.25, 0.3) is 5.91 Å². The van der Waals surface area contributed by atoms with Crippen molar-refractivity contribution in [3.63, 3.8) is 0 Å². The van der Waals surface area contributed by atoms with Crippen LogP contribution in [0.5, 0.6) is 0 Å². The van der Waals surface area contributed by atoms with Gasteiger partial charge in [-0.2, -0.15) is 0 Å². The minimum absolute atomic E-state index is 0.0146. The molecule has 2 aliphatic heterocycles. The van der Waals surface area contributed by atoms with E-state index in [9.17, 15) is 4.79 Å². The molecule has 1 saturated carbocycles. The maximum absolute atomic E-state index is 12.5. The van der Waals surface area contributed by atoms with E-state index in [1.807, 2.05) is 54.6 Å². The molecule has 29 heavy (non-hydrogen) atoms. The molecule has 1 fully saturated rings. The van der Waals surface area contributed by atoms with E-state index in [4.69, 9.17) is 0 Å². The standard InChI is InChI=1S/C23H23N5O/c1-15-7-8-17(23(29)27-18-9-10-18)12-20(15)28-14-26-21-19(24-13-25-22(21)28)11-16-5-3-2-4-6-16/h2-8,12-14,18,22H,9-11H2,1H3,(H,24,25)(H,27,29). The van der Waals surface area contributed by atoms with Crippen LogP contribution in [0.4, 0.5) is 5.69 Å². The lowest BCUT2D eigenvalue weighted by Gasteiger charge is -2.27. The van der Waals surface area contributed by atoms with Crippen molar-refractivity contribution in [1.29, 1.82) is 0 Å². The number of hydrogen-bond acceptors (Lipinski definition) is 5. The van der Waals surface area contributed by atoms with Gasteiger partial charge in [-0.1, -0.05) is 36.4 Å². The number of hydrogen-bond donors (Lipinski definition) is 2. The Bertz CT molecular complexity index is 1040. The molecule has 2 aromatic carbocycles. The molecule has 0 aromatic heterocycles. The molecular weight excluding hydrogens is 362 g/mol. The van der Waals surface area contributed by atoms with Gasteiger partial charge >= 0.3 is 0 Å². The van der Waals surface area contributed by atoms with Gasteiger partial charge in [0.05, 0.1) is 12.7 Å². The summed E-state index contributed by atoms with van der Waals surface area (Å²) >= 11 is 0. The molecule has 1 unspecified atom stereocenters. The number of benzene rings is 2. The van der Waals surface area contributed by atoms with Crippen LogP contribution in [0.15, 0.2) is 69.9 Å². The first-order valence-electron chi connectivity index (χ1n) is 9.98. The van der Waals surface area contributed by atoms with Gasteiger partial charge < -0.3 is 15.5 Å². The fraction of sp³-hybridized carbons (Fsp3) is 0.261. The number of nitrogens with zero attached hydrogens (tertiary/aromatic N) is 3. The summed E-state index contributed by atoms with van der Waals surface area (Å²) in [7, 11) is 0. The Morgan fingerprint density at radius 2 is 2.03 bits per heavy atom. The number of allylic oxidation sites excluding steroid dienone is 1. The number of nitrogens with one attached hydrogen (secondary N) is 2. The second-order valence-corrected chi connectivity index (χ2v) is 7.72. The average molecular weight is 385 g/mol. The summed E-state index contributed by atoms with van der Waals surface area (Å²) in [5, 5.41) is 6.33. The molecule has 0 saturated heterocycles. The average Bonchev–Trinajstić information content (AvgIpc) is 3.45. The van der Waals surface area contributed by atoms with E-state index in [1.54, 1.807) is 6.34 Å². The summed E-state index contributed by atoms with van der Waals surface area (Å²) in [4.78, 5) is 23.8. The van der Waals surface area contributed by atoms with E-state index in [0.29, 0.717) is 11.6 Å². The molecule has 1 amide bonds. The molecule has 0 bridgehead atoms. The highest BCUT2D eigenvalue weighted by atomic mass is 16.1. The SMILES string of the molecule is Cc1ccc(C(=O)NC2CC2)cc1N1C=NC2=C(Cc3ccccc3)NC=NC21. The zero-order chi connectivity index (χ0) is 19.8. The maximum Gasteiger partial charge on any atom is 0.251 e. The predicted molar refractivity (Wildman–Crippen MR) is 115 cm³/mol. The number of aryl methyl sites for hydroxylation is 1. The number of anilines is 1. The predicted octanol–water partition coefficient (Wildman–Crippen LogP) is 3.15. The first kappa shape index (κ1) is 17.7. The number of aliphatic imine (C=N–C) groups is 2. The van der Waals surface area contributed by atoms with Gasteiger partial charge in [-0.05, 0) is 43.0 Å². The van der Waals surface area contributed by atoms with E-state index < -0.39 is 0 Å². The molecule has 1 atom stereocenters. The van der Waals surface area contributed by atoms with Gasteiger partial charge in [0.15, 0.2) is 6.17 Å². The van der Waals surface area contributed by atoms with Gasteiger partial charge in [-0.3, -0.25) is 4.79 Å². The lowest BCUT2D eigenvalue weighted by Crippen LogP contribution is -2.35. The van der Waals surface area contributed by atoms with Crippen LogP contribution < -0.4 is 15.5 Å². The minimum atomic E-state index is -0.213. The van der Waals surface area contributed by atoms with E-state index in [0.717, 1.165) is 41.9 Å². The molecule has 146 valence electrons. The summed E-state index contributed by atoms with van der Waals surface area (Å²) in [5.74, 6) is -0.0146. The summed E-state index contributed by atoms with van der Waals surface area (Å²) in [5.41, 5.74) is 5.90. The van der Waals surface area contributed by atoms with Crippen LogP contribution in [0.25, 0.3) is 0 Å². The summed E-state index contributed by atoms with van der Waals surface area (Å²) in [6.07, 6.45) is 6.27. The van der Waals surface area contributed by atoms with Crippen molar-refractivity contribution in [1.82, 2.24) is 10.6 Å². The van der Waals surface area contributed by atoms with Crippen LogP contribution in [0.3, 0.4) is 0 Å². The van der Waals surface area contributed by atoms with Crippen LogP contribution in [0, 0.1) is 6.92 Å². The van der Waals surface area contributed by atoms with Crippen LogP contribution >= 0.6 is 0 Å². The highest BCUT2D eigenvalue weighted by molar-refractivity contribution is 5.97. The minimum Gasteiger partial charge on any atom is -0.349 e. The largest absolute Gasteiger partial charge is 0.349 e. The number of carbonyl (C=O) groups excluding carboxylic acids is 1. The Morgan fingerprint density at radius 3 is 2.83 bits per heavy atom. The van der Waals surface area contributed by atoms with Crippen molar-refractivity contribution in [2.45, 2.75) is 38.4 Å². The van der Waals surface area contributed by atoms with Crippen LogP contribution in [0.2, 0.25) is 0 Å². The zero-order valence-electron chi connectivity index (χ0n) is 16.3. The molecule has 2 heterocycles. The van der Waals surface area contributed by atoms with Crippen molar-refractivity contribution in [3.8, 4) is 0 Å². The Hall–Kier alpha value is -3.41. The molecule has 6 nitrogen and oxygen atoms in total. The van der Waals surface area contributed by atoms with Gasteiger partial charge in [0.2, 0.25) is 0 Å². The lowest BCUT2D eigenvalue weighted by atomic mass is 10.1. The third-order valence-electron chi connectivity index (χ3n) is 5.48. The van der Waals surface area contributed by atoms with Crippen molar-refractivity contribution in [2.24, 2.45) is 9.98 Å². The van der Waals surface area contributed by atoms with E-state index in [-0.39, 0.29) is 12.1 Å². The van der Waals surface area contributed by atoms with Gasteiger partial charge in [-0.15, -0.1) is 0 Å². The molecule has 0 radical (unpaired) electrons. The normalized spacial score (nSPS) is 19.9. The molecule has 5 rings (SSSR count). The van der Waals surface area contributed by atoms with E-state index in [2.05, 4.69) is 32.8 Å². The molecular formula is C23H23N5O. The van der Waals surface area contributed by atoms with Crippen molar-refractivity contribution >= 4 is 24.3 Å². The molecule has 2 N–H and O–H groups in total. The third kappa shape index (κ3) is 3.53. The van der Waals surface area contributed by atoms with E-state index in [1.165, 1.54) is 5.56 Å². The van der Waals surface area contributed by atoms with Crippen LogP contribution in [-0.4, -0.2) is 30.8 Å². The zero-order valence-corrected chi connectivity index (χ0v) is 16.3. The quantitative estimate of drug-likeness (QED) is 0.831. The Kier molecular flexibility index (Phi) is 4.39.